The number of hydrogen-bond acceptors (Lipinski definition) is 4. The molecule has 1 fully saturated rings. The van der Waals surface area contributed by atoms with Gasteiger partial charge in [-0.3, -0.25) is 4.79 Å². The summed E-state index contributed by atoms with van der Waals surface area (Å²) >= 11 is 0. The number of nitriles is 1. The second-order valence-corrected chi connectivity index (χ2v) is 5.05. The molecule has 0 N–H and O–H groups in total. The number of carbonyl (C=O) groups is 1. The lowest BCUT2D eigenvalue weighted by atomic mass is 10.0. The van der Waals surface area contributed by atoms with E-state index >= 15 is 0 Å². The number of carbonyl (C=O) groups excluding carboxylic acids is 1. The third kappa shape index (κ3) is 3.09. The maximum atomic E-state index is 12.3. The van der Waals surface area contributed by atoms with Crippen molar-refractivity contribution in [3.8, 4) is 6.07 Å². The minimum absolute atomic E-state index is 0.0453. The van der Waals surface area contributed by atoms with Gasteiger partial charge in [-0.05, 0) is 39.1 Å². The maximum Gasteiger partial charge on any atom is 0.272 e. The van der Waals surface area contributed by atoms with E-state index in [9.17, 15) is 4.79 Å². The quantitative estimate of drug-likeness (QED) is 0.797. The van der Waals surface area contributed by atoms with E-state index in [2.05, 4.69) is 9.88 Å². The molecule has 0 aromatic carbocycles. The molecule has 0 saturated carbocycles. The van der Waals surface area contributed by atoms with Crippen molar-refractivity contribution in [3.05, 3.63) is 29.6 Å². The van der Waals surface area contributed by atoms with E-state index in [-0.39, 0.29) is 5.91 Å². The van der Waals surface area contributed by atoms with Gasteiger partial charge >= 0.3 is 0 Å². The molecular weight excluding hydrogens is 240 g/mol. The maximum absolute atomic E-state index is 12.3. The molecule has 19 heavy (non-hydrogen) atoms. The number of piperidine rings is 1. The van der Waals surface area contributed by atoms with Crippen LogP contribution in [0.25, 0.3) is 0 Å². The molecule has 1 amide bonds. The zero-order chi connectivity index (χ0) is 13.8. The summed E-state index contributed by atoms with van der Waals surface area (Å²) in [6.07, 6.45) is 3.59. The fourth-order valence-corrected chi connectivity index (χ4v) is 2.31. The predicted molar refractivity (Wildman–Crippen MR) is 71.6 cm³/mol. The van der Waals surface area contributed by atoms with Crippen LogP contribution >= 0.6 is 0 Å². The molecule has 1 atom stereocenters. The van der Waals surface area contributed by atoms with Crippen LogP contribution in [-0.4, -0.2) is 53.9 Å². The van der Waals surface area contributed by atoms with Gasteiger partial charge in [-0.25, -0.2) is 4.98 Å². The Balaban J connectivity index is 2.08. The second kappa shape index (κ2) is 5.81. The molecule has 100 valence electrons. The first kappa shape index (κ1) is 13.5. The molecule has 1 unspecified atom stereocenters. The average Bonchev–Trinajstić information content (AvgIpc) is 2.46. The standard InChI is InChI=1S/C14H18N4O/c1-17(2)12-4-3-7-18(10-12)14(19)13-6-5-11(8-15)9-16-13/h5-6,9,12H,3-4,7,10H2,1-2H3. The van der Waals surface area contributed by atoms with Crippen molar-refractivity contribution in [2.24, 2.45) is 0 Å². The molecule has 1 saturated heterocycles. The third-order valence-corrected chi connectivity index (χ3v) is 3.53. The smallest absolute Gasteiger partial charge is 0.272 e. The SMILES string of the molecule is CN(C)C1CCCN(C(=O)c2ccc(C#N)cn2)C1. The van der Waals surface area contributed by atoms with Crippen LogP contribution in [0.4, 0.5) is 0 Å². The molecular formula is C14H18N4O. The minimum atomic E-state index is -0.0453. The Labute approximate surface area is 113 Å². The van der Waals surface area contributed by atoms with E-state index in [1.54, 1.807) is 12.1 Å². The molecule has 0 aliphatic carbocycles. The van der Waals surface area contributed by atoms with Gasteiger partial charge in [0, 0.05) is 25.3 Å². The fraction of sp³-hybridized carbons (Fsp3) is 0.500. The highest BCUT2D eigenvalue weighted by Crippen LogP contribution is 2.15. The predicted octanol–water partition coefficient (Wildman–Crippen LogP) is 1.12. The summed E-state index contributed by atoms with van der Waals surface area (Å²) in [5, 5.41) is 8.72. The Morgan fingerprint density at radius 2 is 2.32 bits per heavy atom. The van der Waals surface area contributed by atoms with Crippen LogP contribution in [0, 0.1) is 11.3 Å². The van der Waals surface area contributed by atoms with Crippen LogP contribution in [0.15, 0.2) is 18.3 Å². The number of pyridine rings is 1. The van der Waals surface area contributed by atoms with Crippen molar-refractivity contribution in [3.63, 3.8) is 0 Å². The molecule has 1 aromatic rings. The van der Waals surface area contributed by atoms with Crippen LogP contribution in [-0.2, 0) is 0 Å². The van der Waals surface area contributed by atoms with Gasteiger partial charge in [0.1, 0.15) is 11.8 Å². The summed E-state index contributed by atoms with van der Waals surface area (Å²) in [6, 6.07) is 5.67. The summed E-state index contributed by atoms with van der Waals surface area (Å²) in [4.78, 5) is 20.4. The van der Waals surface area contributed by atoms with Crippen molar-refractivity contribution in [1.29, 1.82) is 5.26 Å². The highest BCUT2D eigenvalue weighted by molar-refractivity contribution is 5.92. The van der Waals surface area contributed by atoms with Crippen molar-refractivity contribution < 1.29 is 4.79 Å². The van der Waals surface area contributed by atoms with Gasteiger partial charge in [-0.1, -0.05) is 0 Å². The monoisotopic (exact) mass is 258 g/mol. The largest absolute Gasteiger partial charge is 0.336 e. The van der Waals surface area contributed by atoms with E-state index in [1.807, 2.05) is 25.1 Å². The van der Waals surface area contributed by atoms with Gasteiger partial charge in [0.2, 0.25) is 0 Å². The normalized spacial score (nSPS) is 19.3. The van der Waals surface area contributed by atoms with Gasteiger partial charge < -0.3 is 9.80 Å². The number of likely N-dealkylation sites (N-methyl/N-ethyl adjacent to an activating group) is 1. The second-order valence-electron chi connectivity index (χ2n) is 5.05. The topological polar surface area (TPSA) is 60.2 Å². The lowest BCUT2D eigenvalue weighted by Gasteiger charge is -2.35. The Hall–Kier alpha value is -1.93. The molecule has 2 rings (SSSR count). The molecule has 0 spiro atoms. The Morgan fingerprint density at radius 3 is 2.89 bits per heavy atom. The Kier molecular flexibility index (Phi) is 4.13. The van der Waals surface area contributed by atoms with E-state index in [0.717, 1.165) is 25.9 Å². The zero-order valence-corrected chi connectivity index (χ0v) is 11.3. The minimum Gasteiger partial charge on any atom is -0.336 e. The lowest BCUT2D eigenvalue weighted by Crippen LogP contribution is -2.47. The highest BCUT2D eigenvalue weighted by Gasteiger charge is 2.26. The summed E-state index contributed by atoms with van der Waals surface area (Å²) in [5.41, 5.74) is 0.889. The van der Waals surface area contributed by atoms with Crippen LogP contribution in [0.1, 0.15) is 28.9 Å². The van der Waals surface area contributed by atoms with Crippen LogP contribution < -0.4 is 0 Å². The Bertz CT molecular complexity index is 489. The van der Waals surface area contributed by atoms with Crippen molar-refractivity contribution in [2.75, 3.05) is 27.2 Å². The van der Waals surface area contributed by atoms with E-state index in [0.29, 0.717) is 17.3 Å². The molecule has 5 heteroatoms. The summed E-state index contributed by atoms with van der Waals surface area (Å²) in [7, 11) is 4.08. The van der Waals surface area contributed by atoms with E-state index in [1.165, 1.54) is 6.20 Å². The van der Waals surface area contributed by atoms with Crippen LogP contribution in [0.3, 0.4) is 0 Å². The van der Waals surface area contributed by atoms with E-state index < -0.39 is 0 Å². The fourth-order valence-electron chi connectivity index (χ4n) is 2.31. The number of amides is 1. The van der Waals surface area contributed by atoms with E-state index in [4.69, 9.17) is 5.26 Å². The number of likely N-dealkylation sites (tertiary alicyclic amines) is 1. The van der Waals surface area contributed by atoms with Gasteiger partial charge in [0.25, 0.3) is 5.91 Å². The van der Waals surface area contributed by atoms with Gasteiger partial charge in [-0.15, -0.1) is 0 Å². The molecule has 1 aliphatic rings. The van der Waals surface area contributed by atoms with Crippen molar-refractivity contribution in [2.45, 2.75) is 18.9 Å². The number of hydrogen-bond donors (Lipinski definition) is 0. The first-order valence-corrected chi connectivity index (χ1v) is 6.43. The summed E-state index contributed by atoms with van der Waals surface area (Å²) in [6.45, 7) is 1.53. The molecule has 5 nitrogen and oxygen atoms in total. The molecule has 2 heterocycles. The Morgan fingerprint density at radius 1 is 1.53 bits per heavy atom. The van der Waals surface area contributed by atoms with Gasteiger partial charge in [-0.2, -0.15) is 5.26 Å². The summed E-state index contributed by atoms with van der Waals surface area (Å²) in [5.74, 6) is -0.0453. The molecule has 0 bridgehead atoms. The zero-order valence-electron chi connectivity index (χ0n) is 11.3. The number of nitrogens with zero attached hydrogens (tertiary/aromatic N) is 4. The third-order valence-electron chi connectivity index (χ3n) is 3.53. The highest BCUT2D eigenvalue weighted by atomic mass is 16.2. The lowest BCUT2D eigenvalue weighted by molar-refractivity contribution is 0.0629. The first-order chi connectivity index (χ1) is 9.11. The van der Waals surface area contributed by atoms with Crippen LogP contribution in [0.5, 0.6) is 0 Å². The summed E-state index contributed by atoms with van der Waals surface area (Å²) < 4.78 is 0. The van der Waals surface area contributed by atoms with Gasteiger partial charge in [0.15, 0.2) is 0 Å². The van der Waals surface area contributed by atoms with Crippen LogP contribution in [0.2, 0.25) is 0 Å². The molecule has 1 aromatic heterocycles. The number of aromatic nitrogens is 1. The first-order valence-electron chi connectivity index (χ1n) is 6.43. The molecule has 1 aliphatic heterocycles. The average molecular weight is 258 g/mol. The number of rotatable bonds is 2. The molecule has 0 radical (unpaired) electrons. The van der Waals surface area contributed by atoms with Gasteiger partial charge in [0.05, 0.1) is 5.56 Å². The van der Waals surface area contributed by atoms with Crippen molar-refractivity contribution >= 4 is 5.91 Å². The van der Waals surface area contributed by atoms with Crippen molar-refractivity contribution in [1.82, 2.24) is 14.8 Å².